The first-order chi connectivity index (χ1) is 8.27. The quantitative estimate of drug-likeness (QED) is 0.435. The molecule has 0 saturated heterocycles. The van der Waals surface area contributed by atoms with Crippen molar-refractivity contribution in [1.29, 1.82) is 0 Å². The van der Waals surface area contributed by atoms with Gasteiger partial charge >= 0.3 is 5.97 Å². The average Bonchev–Trinajstić information content (AvgIpc) is 2.38. The van der Waals surface area contributed by atoms with Gasteiger partial charge in [0.05, 0.1) is 19.3 Å². The molecule has 0 saturated carbocycles. The van der Waals surface area contributed by atoms with Crippen molar-refractivity contribution in [3.63, 3.8) is 0 Å². The van der Waals surface area contributed by atoms with Crippen LogP contribution < -0.4 is 5.32 Å². The molecule has 0 spiro atoms. The largest absolute Gasteiger partial charge is 0.466 e. The second-order valence-electron chi connectivity index (χ2n) is 3.47. The Labute approximate surface area is 101 Å². The number of hydrogen-bond donors (Lipinski definition) is 2. The predicted octanol–water partition coefficient (Wildman–Crippen LogP) is 0.825. The summed E-state index contributed by atoms with van der Waals surface area (Å²) in [5, 5.41) is 11.6. The van der Waals surface area contributed by atoms with E-state index in [-0.39, 0.29) is 12.6 Å². The fraction of sp³-hybridized carbons (Fsp3) is 0.308. The number of carbonyl (C=O) groups excluding carboxylic acids is 1. The van der Waals surface area contributed by atoms with Crippen LogP contribution in [0.2, 0.25) is 0 Å². The van der Waals surface area contributed by atoms with Crippen molar-refractivity contribution >= 4 is 12.0 Å². The number of aliphatic hydroxyl groups is 1. The second-order valence-corrected chi connectivity index (χ2v) is 3.47. The lowest BCUT2D eigenvalue weighted by atomic mass is 10.1. The number of methoxy groups -OCH3 is 1. The number of benzene rings is 1. The smallest absolute Gasteiger partial charge is 0.335 e. The van der Waals surface area contributed by atoms with Gasteiger partial charge in [-0.2, -0.15) is 0 Å². The number of hydrogen-bond acceptors (Lipinski definition) is 4. The molecule has 0 aliphatic rings. The van der Waals surface area contributed by atoms with Crippen molar-refractivity contribution in [2.24, 2.45) is 0 Å². The highest BCUT2D eigenvalue weighted by Gasteiger charge is 2.08. The van der Waals surface area contributed by atoms with Crippen molar-refractivity contribution in [3.8, 4) is 0 Å². The Morgan fingerprint density at radius 3 is 2.71 bits per heavy atom. The number of carbonyl (C=O) groups is 1. The molecule has 0 aliphatic heterocycles. The van der Waals surface area contributed by atoms with Crippen LogP contribution in [-0.4, -0.2) is 37.9 Å². The van der Waals surface area contributed by atoms with Gasteiger partial charge in [0.1, 0.15) is 0 Å². The highest BCUT2D eigenvalue weighted by molar-refractivity contribution is 5.94. The van der Waals surface area contributed by atoms with E-state index < -0.39 is 0 Å². The standard InChI is InChI=1S/C13H17NO3/c1-17-13(16)12(10-14-7-8-15)9-11-5-3-2-4-6-11/h2-6,9,14-15H,7-8,10H2,1H3/b12-9+. The van der Waals surface area contributed by atoms with Crippen LogP contribution in [0.5, 0.6) is 0 Å². The third-order valence-corrected chi connectivity index (χ3v) is 2.19. The predicted molar refractivity (Wildman–Crippen MR) is 66.4 cm³/mol. The zero-order valence-electron chi connectivity index (χ0n) is 9.85. The van der Waals surface area contributed by atoms with Crippen molar-refractivity contribution in [3.05, 3.63) is 41.5 Å². The van der Waals surface area contributed by atoms with E-state index in [1.807, 2.05) is 30.3 Å². The minimum absolute atomic E-state index is 0.0415. The Kier molecular flexibility index (Phi) is 5.99. The van der Waals surface area contributed by atoms with E-state index in [0.717, 1.165) is 5.56 Å². The van der Waals surface area contributed by atoms with E-state index >= 15 is 0 Å². The monoisotopic (exact) mass is 235 g/mol. The van der Waals surface area contributed by atoms with Crippen molar-refractivity contribution in [2.75, 3.05) is 26.8 Å². The summed E-state index contributed by atoms with van der Waals surface area (Å²) in [7, 11) is 1.35. The lowest BCUT2D eigenvalue weighted by molar-refractivity contribution is -0.136. The van der Waals surface area contributed by atoms with Gasteiger partial charge in [-0.05, 0) is 11.6 Å². The maximum absolute atomic E-state index is 11.5. The minimum Gasteiger partial charge on any atom is -0.466 e. The molecule has 0 aliphatic carbocycles. The molecule has 0 amide bonds. The molecule has 0 heterocycles. The molecular weight excluding hydrogens is 218 g/mol. The van der Waals surface area contributed by atoms with Crippen LogP contribution in [-0.2, 0) is 9.53 Å². The Bertz CT molecular complexity index is 374. The minimum atomic E-state index is -0.362. The number of ether oxygens (including phenoxy) is 1. The van der Waals surface area contributed by atoms with E-state index in [2.05, 4.69) is 5.32 Å². The van der Waals surface area contributed by atoms with Crippen LogP contribution in [0.4, 0.5) is 0 Å². The molecule has 4 heteroatoms. The second kappa shape index (κ2) is 7.60. The lowest BCUT2D eigenvalue weighted by Crippen LogP contribution is -2.24. The van der Waals surface area contributed by atoms with Gasteiger partial charge in [0.2, 0.25) is 0 Å². The summed E-state index contributed by atoms with van der Waals surface area (Å²) in [5.41, 5.74) is 1.48. The molecular formula is C13H17NO3. The normalized spacial score (nSPS) is 11.3. The fourth-order valence-electron chi connectivity index (χ4n) is 1.37. The molecule has 1 aromatic rings. The van der Waals surface area contributed by atoms with Crippen LogP contribution >= 0.6 is 0 Å². The van der Waals surface area contributed by atoms with E-state index in [1.165, 1.54) is 7.11 Å². The van der Waals surface area contributed by atoms with Crippen molar-refractivity contribution < 1.29 is 14.6 Å². The molecule has 0 radical (unpaired) electrons. The molecule has 17 heavy (non-hydrogen) atoms. The van der Waals surface area contributed by atoms with Gasteiger partial charge < -0.3 is 15.2 Å². The maximum Gasteiger partial charge on any atom is 0.335 e. The topological polar surface area (TPSA) is 58.6 Å². The summed E-state index contributed by atoms with van der Waals surface area (Å²) in [6.07, 6.45) is 1.77. The van der Waals surface area contributed by atoms with Gasteiger partial charge in [0, 0.05) is 13.1 Å². The Morgan fingerprint density at radius 2 is 2.12 bits per heavy atom. The molecule has 0 atom stereocenters. The van der Waals surface area contributed by atoms with Crippen LogP contribution in [0.1, 0.15) is 5.56 Å². The first kappa shape index (κ1) is 13.4. The number of aliphatic hydroxyl groups excluding tert-OH is 1. The molecule has 0 fully saturated rings. The van der Waals surface area contributed by atoms with Crippen LogP contribution in [0, 0.1) is 0 Å². The van der Waals surface area contributed by atoms with Crippen LogP contribution in [0.15, 0.2) is 35.9 Å². The van der Waals surface area contributed by atoms with E-state index in [9.17, 15) is 4.79 Å². The van der Waals surface area contributed by atoms with E-state index in [4.69, 9.17) is 9.84 Å². The summed E-state index contributed by atoms with van der Waals surface area (Å²) in [6.45, 7) is 0.866. The Hall–Kier alpha value is -1.65. The molecule has 2 N–H and O–H groups in total. The maximum atomic E-state index is 11.5. The fourth-order valence-corrected chi connectivity index (χ4v) is 1.37. The van der Waals surface area contributed by atoms with Crippen molar-refractivity contribution in [1.82, 2.24) is 5.32 Å². The first-order valence-corrected chi connectivity index (χ1v) is 5.43. The first-order valence-electron chi connectivity index (χ1n) is 5.43. The summed E-state index contributed by atoms with van der Waals surface area (Å²) < 4.78 is 4.71. The van der Waals surface area contributed by atoms with Crippen LogP contribution in [0.25, 0.3) is 6.08 Å². The van der Waals surface area contributed by atoms with E-state index in [0.29, 0.717) is 18.7 Å². The Morgan fingerprint density at radius 1 is 1.41 bits per heavy atom. The molecule has 1 rings (SSSR count). The molecule has 0 unspecified atom stereocenters. The molecule has 1 aromatic carbocycles. The molecule has 4 nitrogen and oxygen atoms in total. The summed E-state index contributed by atoms with van der Waals surface area (Å²) in [6, 6.07) is 9.55. The van der Waals surface area contributed by atoms with Gasteiger partial charge in [-0.1, -0.05) is 30.3 Å². The van der Waals surface area contributed by atoms with Gasteiger partial charge in [-0.3, -0.25) is 0 Å². The van der Waals surface area contributed by atoms with Crippen LogP contribution in [0.3, 0.4) is 0 Å². The highest BCUT2D eigenvalue weighted by Crippen LogP contribution is 2.07. The SMILES string of the molecule is COC(=O)/C(=C/c1ccccc1)CNCCO. The zero-order valence-corrected chi connectivity index (χ0v) is 9.85. The van der Waals surface area contributed by atoms with Gasteiger partial charge in [0.15, 0.2) is 0 Å². The molecule has 0 aromatic heterocycles. The van der Waals surface area contributed by atoms with Gasteiger partial charge in [0.25, 0.3) is 0 Å². The van der Waals surface area contributed by atoms with Gasteiger partial charge in [-0.25, -0.2) is 4.79 Å². The summed E-state index contributed by atoms with van der Waals surface area (Å²) in [5.74, 6) is -0.362. The molecule has 92 valence electrons. The average molecular weight is 235 g/mol. The molecule has 0 bridgehead atoms. The number of nitrogens with one attached hydrogen (secondary N) is 1. The van der Waals surface area contributed by atoms with E-state index in [1.54, 1.807) is 6.08 Å². The zero-order chi connectivity index (χ0) is 12.5. The number of rotatable bonds is 6. The van der Waals surface area contributed by atoms with Crippen molar-refractivity contribution in [2.45, 2.75) is 0 Å². The van der Waals surface area contributed by atoms with Gasteiger partial charge in [-0.15, -0.1) is 0 Å². The number of esters is 1. The lowest BCUT2D eigenvalue weighted by Gasteiger charge is -2.06. The third kappa shape index (κ3) is 4.80. The highest BCUT2D eigenvalue weighted by atomic mass is 16.5. The Balaban J connectivity index is 2.75. The third-order valence-electron chi connectivity index (χ3n) is 2.19. The summed E-state index contributed by atoms with van der Waals surface area (Å²) in [4.78, 5) is 11.5. The summed E-state index contributed by atoms with van der Waals surface area (Å²) >= 11 is 0.